The second kappa shape index (κ2) is 23.8. The molecule has 7 heteroatoms. The maximum absolute atomic E-state index is 13.8. The summed E-state index contributed by atoms with van der Waals surface area (Å²) in [6, 6.07) is 0.434. The average Bonchev–Trinajstić information content (AvgIpc) is 2.87. The van der Waals surface area contributed by atoms with Crippen molar-refractivity contribution in [2.45, 2.75) is 112 Å². The molecule has 0 amide bonds. The first-order chi connectivity index (χ1) is 16.5. The van der Waals surface area contributed by atoms with E-state index in [-0.39, 0.29) is 5.83 Å². The number of halogens is 1. The van der Waals surface area contributed by atoms with Crippen molar-refractivity contribution in [1.82, 2.24) is 15.3 Å². The van der Waals surface area contributed by atoms with Gasteiger partial charge in [-0.15, -0.1) is 6.58 Å². The van der Waals surface area contributed by atoms with Gasteiger partial charge in [0.1, 0.15) is 5.83 Å². The molecule has 1 aromatic rings. The first kappa shape index (κ1) is 33.9. The fraction of sp³-hybridized carbons (Fsp3) is 0.704. The third-order valence-electron chi connectivity index (χ3n) is 4.84. The Kier molecular flexibility index (Phi) is 23.7. The number of nitrogens with zero attached hydrogens (tertiary/aromatic N) is 3. The molecule has 1 fully saturated rings. The smallest absolute Gasteiger partial charge is 0.224 e. The van der Waals surface area contributed by atoms with Crippen LogP contribution in [0.5, 0.6) is 0 Å². The predicted octanol–water partition coefficient (Wildman–Crippen LogP) is 7.81. The normalized spacial score (nSPS) is 13.1. The zero-order chi connectivity index (χ0) is 26.2. The van der Waals surface area contributed by atoms with E-state index in [0.717, 1.165) is 38.6 Å². The number of nitrogen functional groups attached to an aromatic ring is 1. The zero-order valence-electron chi connectivity index (χ0n) is 23.1. The summed E-state index contributed by atoms with van der Waals surface area (Å²) in [6.45, 7) is 18.6. The summed E-state index contributed by atoms with van der Waals surface area (Å²) in [5, 5.41) is 6.50. The first-order valence-corrected chi connectivity index (χ1v) is 13.3. The Morgan fingerprint density at radius 1 is 1.18 bits per heavy atom. The lowest BCUT2D eigenvalue weighted by atomic mass is 9.96. The molecule has 1 saturated carbocycles. The molecule has 1 aromatic heterocycles. The fourth-order valence-corrected chi connectivity index (χ4v) is 3.35. The van der Waals surface area contributed by atoms with E-state index in [1.807, 2.05) is 39.5 Å². The maximum atomic E-state index is 13.8. The Labute approximate surface area is 209 Å². The van der Waals surface area contributed by atoms with Gasteiger partial charge in [0.15, 0.2) is 5.82 Å². The van der Waals surface area contributed by atoms with Crippen LogP contribution in [0, 0.1) is 0 Å². The van der Waals surface area contributed by atoms with Gasteiger partial charge in [0.05, 0.1) is 18.6 Å². The third kappa shape index (κ3) is 15.5. The molecule has 0 aliphatic heterocycles. The first-order valence-electron chi connectivity index (χ1n) is 13.3. The molecule has 198 valence electrons. The largest absolute Gasteiger partial charge is 0.394 e. The van der Waals surface area contributed by atoms with Crippen molar-refractivity contribution in [2.24, 2.45) is 0 Å². The number of hydrogen-bond acceptors (Lipinski definition) is 6. The number of nitrogens with two attached hydrogens (primary N) is 1. The molecular weight excluding hydrogens is 427 g/mol. The van der Waals surface area contributed by atoms with Gasteiger partial charge < -0.3 is 21.3 Å². The summed E-state index contributed by atoms with van der Waals surface area (Å²) in [6.07, 6.45) is 14.3. The van der Waals surface area contributed by atoms with Gasteiger partial charge in [-0.1, -0.05) is 73.3 Å². The quantitative estimate of drug-likeness (QED) is 0.221. The van der Waals surface area contributed by atoms with Crippen LogP contribution in [-0.2, 0) is 0 Å². The average molecular weight is 481 g/mol. The molecular formula is C27H53FN6. The van der Waals surface area contributed by atoms with E-state index in [4.69, 9.17) is 5.73 Å². The van der Waals surface area contributed by atoms with Crippen LogP contribution in [0.4, 0.5) is 21.8 Å². The summed E-state index contributed by atoms with van der Waals surface area (Å²) >= 11 is 0. The second-order valence-corrected chi connectivity index (χ2v) is 7.68. The van der Waals surface area contributed by atoms with E-state index >= 15 is 0 Å². The molecule has 34 heavy (non-hydrogen) atoms. The summed E-state index contributed by atoms with van der Waals surface area (Å²) in [7, 11) is 0. The molecule has 1 aliphatic carbocycles. The summed E-state index contributed by atoms with van der Waals surface area (Å²) in [5.74, 6) is 1.19. The second-order valence-electron chi connectivity index (χ2n) is 7.68. The Morgan fingerprint density at radius 2 is 1.79 bits per heavy atom. The van der Waals surface area contributed by atoms with Crippen molar-refractivity contribution in [3.05, 3.63) is 30.9 Å². The highest BCUT2D eigenvalue weighted by molar-refractivity contribution is 5.63. The number of unbranched alkanes of at least 4 members (excludes halogenated alkanes) is 1. The van der Waals surface area contributed by atoms with Gasteiger partial charge in [-0.25, -0.2) is 9.37 Å². The van der Waals surface area contributed by atoms with E-state index < -0.39 is 0 Å². The molecule has 0 atom stereocenters. The zero-order valence-corrected chi connectivity index (χ0v) is 23.1. The van der Waals surface area contributed by atoms with Gasteiger partial charge in [0, 0.05) is 25.2 Å². The van der Waals surface area contributed by atoms with Crippen molar-refractivity contribution < 1.29 is 4.39 Å². The van der Waals surface area contributed by atoms with Crippen molar-refractivity contribution in [2.75, 3.05) is 29.2 Å². The lowest BCUT2D eigenvalue weighted by Crippen LogP contribution is -2.34. The van der Waals surface area contributed by atoms with E-state index in [0.29, 0.717) is 36.6 Å². The van der Waals surface area contributed by atoms with Gasteiger partial charge in [-0.3, -0.25) is 0 Å². The number of hydrogen-bond donors (Lipinski definition) is 3. The minimum Gasteiger partial charge on any atom is -0.394 e. The summed E-state index contributed by atoms with van der Waals surface area (Å²) in [4.78, 5) is 11.0. The molecule has 6 nitrogen and oxygen atoms in total. The van der Waals surface area contributed by atoms with Gasteiger partial charge in [0.25, 0.3) is 0 Å². The maximum Gasteiger partial charge on any atom is 0.224 e. The highest BCUT2D eigenvalue weighted by Gasteiger charge is 2.17. The molecule has 4 N–H and O–H groups in total. The Hall–Kier alpha value is -2.31. The molecule has 1 aliphatic rings. The van der Waals surface area contributed by atoms with Gasteiger partial charge in [0.2, 0.25) is 5.95 Å². The van der Waals surface area contributed by atoms with Crippen LogP contribution >= 0.6 is 0 Å². The van der Waals surface area contributed by atoms with Crippen molar-refractivity contribution in [1.29, 1.82) is 0 Å². The Morgan fingerprint density at radius 3 is 2.35 bits per heavy atom. The molecule has 0 unspecified atom stereocenters. The van der Waals surface area contributed by atoms with Crippen LogP contribution in [-0.4, -0.2) is 29.2 Å². The Bertz CT molecular complexity index is 630. The van der Waals surface area contributed by atoms with E-state index in [2.05, 4.69) is 41.0 Å². The number of rotatable bonds is 11. The van der Waals surface area contributed by atoms with Crippen molar-refractivity contribution >= 4 is 17.5 Å². The highest BCUT2D eigenvalue weighted by Crippen LogP contribution is 2.24. The predicted molar refractivity (Wildman–Crippen MR) is 150 cm³/mol. The van der Waals surface area contributed by atoms with Gasteiger partial charge in [-0.05, 0) is 32.6 Å². The van der Waals surface area contributed by atoms with Crippen LogP contribution in [0.3, 0.4) is 0 Å². The van der Waals surface area contributed by atoms with E-state index in [9.17, 15) is 4.39 Å². The van der Waals surface area contributed by atoms with Crippen LogP contribution < -0.4 is 21.3 Å². The van der Waals surface area contributed by atoms with Crippen LogP contribution in [0.25, 0.3) is 0 Å². The standard InChI is InChI=1S/C20H35FN6.C3H6.2C2H6/c1-3-5-9-16(21)13-23-15-27(12-4-2)19-18(22)14-24-20(26-19)25-17-10-7-6-8-11-17;1-3-2;2*1-2/h13-14,17,23H,3-12,15,22H2,1-2H3,(H,24,25,26);3H,1H2,2H3;2*1-2H3/b16-13-;;;. The fourth-order valence-electron chi connectivity index (χ4n) is 3.35. The lowest BCUT2D eigenvalue weighted by molar-refractivity contribution is 0.461. The minimum absolute atomic E-state index is 0.122. The monoisotopic (exact) mass is 480 g/mol. The lowest BCUT2D eigenvalue weighted by Gasteiger charge is -2.26. The van der Waals surface area contributed by atoms with Crippen LogP contribution in [0.15, 0.2) is 30.9 Å². The Balaban J connectivity index is 0. The minimum atomic E-state index is -0.122. The third-order valence-corrected chi connectivity index (χ3v) is 4.84. The van der Waals surface area contributed by atoms with Crippen molar-refractivity contribution in [3.8, 4) is 0 Å². The molecule has 1 heterocycles. The van der Waals surface area contributed by atoms with E-state index in [1.54, 1.807) is 12.3 Å². The molecule has 0 radical (unpaired) electrons. The number of anilines is 3. The topological polar surface area (TPSA) is 79.1 Å². The molecule has 2 rings (SSSR count). The SMILES string of the molecule is C=CC.CC.CC.CCCC/C(F)=C/NCN(CCC)c1nc(NC2CCCCC2)ncc1N. The summed E-state index contributed by atoms with van der Waals surface area (Å²) < 4.78 is 13.8. The van der Waals surface area contributed by atoms with Gasteiger partial charge >= 0.3 is 0 Å². The van der Waals surface area contributed by atoms with Crippen LogP contribution in [0.2, 0.25) is 0 Å². The van der Waals surface area contributed by atoms with E-state index in [1.165, 1.54) is 25.5 Å². The molecule has 0 aromatic carbocycles. The molecule has 0 spiro atoms. The number of aromatic nitrogens is 2. The van der Waals surface area contributed by atoms with Crippen LogP contribution in [0.1, 0.15) is 106 Å². The molecule has 0 bridgehead atoms. The number of nitrogens with one attached hydrogen (secondary N) is 2. The van der Waals surface area contributed by atoms with Crippen molar-refractivity contribution in [3.63, 3.8) is 0 Å². The summed E-state index contributed by atoms with van der Waals surface area (Å²) in [5.41, 5.74) is 6.68. The number of allylic oxidation sites excluding steroid dienone is 2. The molecule has 0 saturated heterocycles. The highest BCUT2D eigenvalue weighted by atomic mass is 19.1. The van der Waals surface area contributed by atoms with Gasteiger partial charge in [-0.2, -0.15) is 4.98 Å².